The van der Waals surface area contributed by atoms with Crippen LogP contribution < -0.4 is 5.32 Å². The summed E-state index contributed by atoms with van der Waals surface area (Å²) in [6.45, 7) is 1.62. The van der Waals surface area contributed by atoms with E-state index in [1.165, 1.54) is 35.2 Å². The number of carbonyl (C=O) groups excluding carboxylic acids is 2. The molecule has 1 fully saturated rings. The first kappa shape index (κ1) is 23.6. The van der Waals surface area contributed by atoms with Gasteiger partial charge in [-0.1, -0.05) is 12.1 Å². The predicted molar refractivity (Wildman–Crippen MR) is 108 cm³/mol. The highest BCUT2D eigenvalue weighted by molar-refractivity contribution is 5.92. The van der Waals surface area contributed by atoms with E-state index in [1.54, 1.807) is 0 Å². The van der Waals surface area contributed by atoms with E-state index in [0.717, 1.165) is 6.07 Å². The second kappa shape index (κ2) is 10.1. The highest BCUT2D eigenvalue weighted by Crippen LogP contribution is 2.32. The minimum Gasteiger partial charge on any atom is -0.341 e. The Bertz CT molecular complexity index is 963. The first-order chi connectivity index (χ1) is 15.1. The van der Waals surface area contributed by atoms with E-state index in [4.69, 9.17) is 0 Å². The van der Waals surface area contributed by atoms with Crippen molar-refractivity contribution in [1.29, 1.82) is 0 Å². The molecule has 0 spiro atoms. The van der Waals surface area contributed by atoms with Gasteiger partial charge >= 0.3 is 6.18 Å². The van der Waals surface area contributed by atoms with Crippen molar-refractivity contribution >= 4 is 17.5 Å². The highest BCUT2D eigenvalue weighted by atomic mass is 19.4. The molecule has 1 aliphatic heterocycles. The number of rotatable bonds is 5. The third-order valence-corrected chi connectivity index (χ3v) is 5.16. The van der Waals surface area contributed by atoms with Crippen LogP contribution in [0.15, 0.2) is 42.5 Å². The molecular formula is C22H22F5N3O2. The van der Waals surface area contributed by atoms with Crippen LogP contribution in [0.3, 0.4) is 0 Å². The maximum Gasteiger partial charge on any atom is 0.419 e. The minimum atomic E-state index is -4.83. The Labute approximate surface area is 181 Å². The lowest BCUT2D eigenvalue weighted by Crippen LogP contribution is -2.38. The summed E-state index contributed by atoms with van der Waals surface area (Å²) in [5.74, 6) is -2.60. The predicted octanol–water partition coefficient (Wildman–Crippen LogP) is 3.70. The molecule has 10 heteroatoms. The quantitative estimate of drug-likeness (QED) is 0.700. The van der Waals surface area contributed by atoms with Crippen molar-refractivity contribution in [2.24, 2.45) is 0 Å². The third kappa shape index (κ3) is 6.25. The number of nitrogens with zero attached hydrogens (tertiary/aromatic N) is 2. The summed E-state index contributed by atoms with van der Waals surface area (Å²) in [5.41, 5.74) is -1.23. The van der Waals surface area contributed by atoms with Gasteiger partial charge in [-0.15, -0.1) is 0 Å². The molecule has 1 saturated heterocycles. The summed E-state index contributed by atoms with van der Waals surface area (Å²) < 4.78 is 65.8. The number of hydrogen-bond donors (Lipinski definition) is 1. The van der Waals surface area contributed by atoms with Crippen molar-refractivity contribution < 1.29 is 31.5 Å². The van der Waals surface area contributed by atoms with Crippen molar-refractivity contribution in [3.63, 3.8) is 0 Å². The smallest absolute Gasteiger partial charge is 0.341 e. The zero-order valence-electron chi connectivity index (χ0n) is 17.1. The summed E-state index contributed by atoms with van der Waals surface area (Å²) >= 11 is 0. The minimum absolute atomic E-state index is 0.0711. The molecule has 2 aromatic rings. The standard InChI is InChI=1S/C22H22F5N3O2/c23-16-5-7-17(8-6-16)28-19(31)14-29-9-2-10-30(12-11-29)20(32)13-15-3-1-4-18(21(15)24)22(25,26)27/h1,3-8H,2,9-14H2,(H,28,31). The van der Waals surface area contributed by atoms with Gasteiger partial charge < -0.3 is 10.2 Å². The first-order valence-electron chi connectivity index (χ1n) is 10.0. The molecule has 0 aromatic heterocycles. The number of carbonyl (C=O) groups is 2. The van der Waals surface area contributed by atoms with Crippen LogP contribution in [-0.4, -0.2) is 54.3 Å². The lowest BCUT2D eigenvalue weighted by atomic mass is 10.1. The molecule has 172 valence electrons. The van der Waals surface area contributed by atoms with Crippen molar-refractivity contribution in [1.82, 2.24) is 9.80 Å². The summed E-state index contributed by atoms with van der Waals surface area (Å²) in [6.07, 6.45) is -4.75. The summed E-state index contributed by atoms with van der Waals surface area (Å²) in [5, 5.41) is 2.67. The van der Waals surface area contributed by atoms with Crippen LogP contribution in [0.5, 0.6) is 0 Å². The topological polar surface area (TPSA) is 52.7 Å². The van der Waals surface area contributed by atoms with Crippen LogP contribution in [0.2, 0.25) is 0 Å². The highest BCUT2D eigenvalue weighted by Gasteiger charge is 2.35. The van der Waals surface area contributed by atoms with E-state index in [9.17, 15) is 31.5 Å². The largest absolute Gasteiger partial charge is 0.419 e. The number of nitrogens with one attached hydrogen (secondary N) is 1. The molecule has 1 heterocycles. The first-order valence-corrected chi connectivity index (χ1v) is 10.0. The van der Waals surface area contributed by atoms with Crippen molar-refractivity contribution in [2.45, 2.75) is 19.0 Å². The molecule has 3 rings (SSSR count). The lowest BCUT2D eigenvalue weighted by molar-refractivity contribution is -0.140. The van der Waals surface area contributed by atoms with Gasteiger partial charge in [0.2, 0.25) is 11.8 Å². The van der Waals surface area contributed by atoms with E-state index in [1.807, 2.05) is 4.90 Å². The molecule has 32 heavy (non-hydrogen) atoms. The molecule has 0 saturated carbocycles. The van der Waals surface area contributed by atoms with Gasteiger partial charge in [-0.05, 0) is 42.3 Å². The Morgan fingerprint density at radius 1 is 0.938 bits per heavy atom. The fourth-order valence-electron chi connectivity index (χ4n) is 3.53. The number of anilines is 1. The Balaban J connectivity index is 1.54. The lowest BCUT2D eigenvalue weighted by Gasteiger charge is -2.22. The van der Waals surface area contributed by atoms with Gasteiger partial charge in [-0.2, -0.15) is 13.2 Å². The van der Waals surface area contributed by atoms with Gasteiger partial charge in [0, 0.05) is 31.9 Å². The Morgan fingerprint density at radius 3 is 2.34 bits per heavy atom. The summed E-state index contributed by atoms with van der Waals surface area (Å²) in [7, 11) is 0. The van der Waals surface area contributed by atoms with Gasteiger partial charge in [0.25, 0.3) is 0 Å². The molecule has 0 aliphatic carbocycles. The molecule has 0 unspecified atom stereocenters. The van der Waals surface area contributed by atoms with Gasteiger partial charge in [0.05, 0.1) is 18.5 Å². The average Bonchev–Trinajstić information content (AvgIpc) is 2.96. The Hall–Kier alpha value is -3.01. The maximum absolute atomic E-state index is 14.2. The van der Waals surface area contributed by atoms with Crippen LogP contribution in [-0.2, 0) is 22.2 Å². The SMILES string of the molecule is O=C(CN1CCCN(C(=O)Cc2cccc(C(F)(F)F)c2F)CC1)Nc1ccc(F)cc1. The molecular weight excluding hydrogens is 433 g/mol. The number of benzene rings is 2. The van der Waals surface area contributed by atoms with E-state index >= 15 is 0 Å². The fraction of sp³-hybridized carbons (Fsp3) is 0.364. The molecule has 0 atom stereocenters. The number of hydrogen-bond acceptors (Lipinski definition) is 3. The molecule has 2 amide bonds. The third-order valence-electron chi connectivity index (χ3n) is 5.16. The van der Waals surface area contributed by atoms with Gasteiger partial charge in [0.1, 0.15) is 11.6 Å². The monoisotopic (exact) mass is 455 g/mol. The van der Waals surface area contributed by atoms with Gasteiger partial charge in [-0.25, -0.2) is 8.78 Å². The van der Waals surface area contributed by atoms with E-state index in [2.05, 4.69) is 5.32 Å². The van der Waals surface area contributed by atoms with Gasteiger partial charge in [-0.3, -0.25) is 14.5 Å². The number of amides is 2. The van der Waals surface area contributed by atoms with Crippen molar-refractivity contribution in [3.8, 4) is 0 Å². The maximum atomic E-state index is 14.2. The van der Waals surface area contributed by atoms with E-state index in [-0.39, 0.29) is 24.6 Å². The molecule has 0 bridgehead atoms. The Kier molecular flexibility index (Phi) is 7.44. The van der Waals surface area contributed by atoms with Crippen LogP contribution >= 0.6 is 0 Å². The number of halogens is 5. The Morgan fingerprint density at radius 2 is 1.66 bits per heavy atom. The van der Waals surface area contributed by atoms with Crippen molar-refractivity contribution in [2.75, 3.05) is 38.0 Å². The summed E-state index contributed by atoms with van der Waals surface area (Å²) in [4.78, 5) is 28.1. The van der Waals surface area contributed by atoms with Crippen LogP contribution in [0, 0.1) is 11.6 Å². The van der Waals surface area contributed by atoms with Crippen LogP contribution in [0.1, 0.15) is 17.5 Å². The zero-order valence-corrected chi connectivity index (χ0v) is 17.1. The normalized spacial score (nSPS) is 15.3. The van der Waals surface area contributed by atoms with E-state index in [0.29, 0.717) is 37.8 Å². The van der Waals surface area contributed by atoms with Gasteiger partial charge in [0.15, 0.2) is 0 Å². The number of alkyl halides is 3. The molecule has 2 aromatic carbocycles. The van der Waals surface area contributed by atoms with E-state index < -0.39 is 35.7 Å². The molecule has 1 aliphatic rings. The summed E-state index contributed by atoms with van der Waals surface area (Å²) in [6, 6.07) is 8.26. The fourth-order valence-corrected chi connectivity index (χ4v) is 3.53. The second-order valence-electron chi connectivity index (χ2n) is 7.52. The average molecular weight is 455 g/mol. The van der Waals surface area contributed by atoms with Crippen LogP contribution in [0.4, 0.5) is 27.6 Å². The van der Waals surface area contributed by atoms with Crippen LogP contribution in [0.25, 0.3) is 0 Å². The molecule has 5 nitrogen and oxygen atoms in total. The second-order valence-corrected chi connectivity index (χ2v) is 7.52. The molecule has 1 N–H and O–H groups in total. The van der Waals surface area contributed by atoms with Crippen molar-refractivity contribution in [3.05, 3.63) is 65.2 Å². The molecule has 0 radical (unpaired) electrons. The zero-order chi connectivity index (χ0) is 23.3.